The van der Waals surface area contributed by atoms with Crippen LogP contribution in [0, 0.1) is 0 Å². The first-order valence-corrected chi connectivity index (χ1v) is 5.80. The Labute approximate surface area is 106 Å². The summed E-state index contributed by atoms with van der Waals surface area (Å²) in [6.45, 7) is 0.921. The fourth-order valence-electron chi connectivity index (χ4n) is 1.76. The number of hydroxylamine groups is 2. The summed E-state index contributed by atoms with van der Waals surface area (Å²) >= 11 is 0. The molecular weight excluding hydrogens is 226 g/mol. The summed E-state index contributed by atoms with van der Waals surface area (Å²) in [4.78, 5) is 10.5. The monoisotopic (exact) mass is 241 g/mol. The molecule has 0 aliphatic heterocycles. The van der Waals surface area contributed by atoms with Crippen LogP contribution in [0.2, 0.25) is 0 Å². The molecule has 0 heterocycles. The molecule has 0 radical (unpaired) electrons. The zero-order valence-corrected chi connectivity index (χ0v) is 9.99. The Kier molecular flexibility index (Phi) is 4.23. The van der Waals surface area contributed by atoms with Crippen LogP contribution in [-0.4, -0.2) is 16.6 Å². The van der Waals surface area contributed by atoms with Crippen molar-refractivity contribution in [1.29, 1.82) is 0 Å². The second-order valence-electron chi connectivity index (χ2n) is 4.17. The summed E-state index contributed by atoms with van der Waals surface area (Å²) in [6.07, 6.45) is 0.810. The standard InChI is InChI=1S/C15H15NO2/c17-12-15-8-6-14(7-9-15)11-16(18)10-13-4-2-1-3-5-13/h1-9,12,18H,10-11H2. The van der Waals surface area contributed by atoms with Crippen LogP contribution < -0.4 is 0 Å². The van der Waals surface area contributed by atoms with Crippen LogP contribution in [-0.2, 0) is 13.1 Å². The van der Waals surface area contributed by atoms with Gasteiger partial charge in [-0.05, 0) is 11.1 Å². The molecular formula is C15H15NO2. The molecule has 0 atom stereocenters. The number of carbonyl (C=O) groups is 1. The first-order valence-electron chi connectivity index (χ1n) is 5.80. The average Bonchev–Trinajstić information content (AvgIpc) is 2.40. The molecule has 0 unspecified atom stereocenters. The summed E-state index contributed by atoms with van der Waals surface area (Å²) in [5.74, 6) is 0. The van der Waals surface area contributed by atoms with Gasteiger partial charge in [0.15, 0.2) is 0 Å². The van der Waals surface area contributed by atoms with E-state index in [-0.39, 0.29) is 0 Å². The molecule has 0 aromatic heterocycles. The maximum Gasteiger partial charge on any atom is 0.150 e. The lowest BCUT2D eigenvalue weighted by Crippen LogP contribution is -2.17. The second-order valence-corrected chi connectivity index (χ2v) is 4.17. The Balaban J connectivity index is 1.94. The van der Waals surface area contributed by atoms with E-state index in [4.69, 9.17) is 0 Å². The van der Waals surface area contributed by atoms with Gasteiger partial charge in [-0.3, -0.25) is 4.79 Å². The largest absolute Gasteiger partial charge is 0.313 e. The molecule has 3 heteroatoms. The summed E-state index contributed by atoms with van der Waals surface area (Å²) in [7, 11) is 0. The van der Waals surface area contributed by atoms with E-state index in [0.29, 0.717) is 18.7 Å². The Morgan fingerprint density at radius 1 is 0.889 bits per heavy atom. The van der Waals surface area contributed by atoms with Gasteiger partial charge in [-0.15, -0.1) is 0 Å². The third-order valence-corrected chi connectivity index (χ3v) is 2.69. The van der Waals surface area contributed by atoms with Crippen molar-refractivity contribution >= 4 is 6.29 Å². The van der Waals surface area contributed by atoms with Gasteiger partial charge in [0.25, 0.3) is 0 Å². The van der Waals surface area contributed by atoms with Gasteiger partial charge in [-0.2, -0.15) is 5.06 Å². The number of aldehydes is 1. The number of hydrogen-bond acceptors (Lipinski definition) is 3. The van der Waals surface area contributed by atoms with E-state index in [1.54, 1.807) is 12.1 Å². The van der Waals surface area contributed by atoms with Crippen LogP contribution in [0.4, 0.5) is 0 Å². The van der Waals surface area contributed by atoms with Gasteiger partial charge in [0.05, 0.1) is 0 Å². The fraction of sp³-hybridized carbons (Fsp3) is 0.133. The summed E-state index contributed by atoms with van der Waals surface area (Å²) in [5, 5.41) is 11.1. The van der Waals surface area contributed by atoms with Crippen molar-refractivity contribution in [2.45, 2.75) is 13.1 Å². The molecule has 0 saturated heterocycles. The molecule has 0 aliphatic carbocycles. The van der Waals surface area contributed by atoms with Crippen LogP contribution in [0.5, 0.6) is 0 Å². The lowest BCUT2D eigenvalue weighted by molar-refractivity contribution is -0.108. The highest BCUT2D eigenvalue weighted by Gasteiger charge is 2.03. The van der Waals surface area contributed by atoms with Crippen LogP contribution in [0.15, 0.2) is 54.6 Å². The summed E-state index contributed by atoms with van der Waals surface area (Å²) in [5.41, 5.74) is 2.68. The minimum atomic E-state index is 0.439. The van der Waals surface area contributed by atoms with Gasteiger partial charge in [0, 0.05) is 18.7 Å². The van der Waals surface area contributed by atoms with Gasteiger partial charge in [-0.25, -0.2) is 0 Å². The van der Waals surface area contributed by atoms with Gasteiger partial charge < -0.3 is 5.21 Å². The highest BCUT2D eigenvalue weighted by atomic mass is 16.5. The molecule has 0 bridgehead atoms. The Hall–Kier alpha value is -1.97. The van der Waals surface area contributed by atoms with Crippen molar-refractivity contribution in [3.8, 4) is 0 Å². The third-order valence-electron chi connectivity index (χ3n) is 2.69. The van der Waals surface area contributed by atoms with Gasteiger partial charge in [-0.1, -0.05) is 54.6 Å². The number of benzene rings is 2. The smallest absolute Gasteiger partial charge is 0.150 e. The highest BCUT2D eigenvalue weighted by Crippen LogP contribution is 2.08. The molecule has 2 aromatic carbocycles. The molecule has 0 aliphatic rings. The zero-order chi connectivity index (χ0) is 12.8. The predicted octanol–water partition coefficient (Wildman–Crippen LogP) is 2.89. The third kappa shape index (κ3) is 3.52. The lowest BCUT2D eigenvalue weighted by Gasteiger charge is -2.14. The van der Waals surface area contributed by atoms with Crippen LogP contribution >= 0.6 is 0 Å². The van der Waals surface area contributed by atoms with Gasteiger partial charge in [0.1, 0.15) is 6.29 Å². The molecule has 0 saturated carbocycles. The zero-order valence-electron chi connectivity index (χ0n) is 9.99. The first kappa shape index (κ1) is 12.5. The highest BCUT2D eigenvalue weighted by molar-refractivity contribution is 5.74. The number of hydrogen-bond donors (Lipinski definition) is 1. The second kappa shape index (κ2) is 6.10. The lowest BCUT2D eigenvalue weighted by atomic mass is 10.1. The maximum atomic E-state index is 10.5. The van der Waals surface area contributed by atoms with E-state index in [9.17, 15) is 10.0 Å². The molecule has 1 N–H and O–H groups in total. The molecule has 3 nitrogen and oxygen atoms in total. The van der Waals surface area contributed by atoms with Crippen molar-refractivity contribution < 1.29 is 10.0 Å². The van der Waals surface area contributed by atoms with Crippen molar-refractivity contribution in [1.82, 2.24) is 5.06 Å². The van der Waals surface area contributed by atoms with E-state index >= 15 is 0 Å². The topological polar surface area (TPSA) is 40.5 Å². The average molecular weight is 241 g/mol. The molecule has 2 aromatic rings. The normalized spacial score (nSPS) is 10.6. The van der Waals surface area contributed by atoms with E-state index in [0.717, 1.165) is 17.4 Å². The molecule has 0 fully saturated rings. The van der Waals surface area contributed by atoms with E-state index in [2.05, 4.69) is 0 Å². The first-order chi connectivity index (χ1) is 8.78. The van der Waals surface area contributed by atoms with Crippen molar-refractivity contribution in [2.24, 2.45) is 0 Å². The van der Waals surface area contributed by atoms with E-state index in [1.165, 1.54) is 5.06 Å². The molecule has 18 heavy (non-hydrogen) atoms. The predicted molar refractivity (Wildman–Crippen MR) is 69.3 cm³/mol. The minimum absolute atomic E-state index is 0.439. The Morgan fingerprint density at radius 2 is 1.44 bits per heavy atom. The summed E-state index contributed by atoms with van der Waals surface area (Å²) < 4.78 is 0. The van der Waals surface area contributed by atoms with Crippen molar-refractivity contribution in [3.05, 3.63) is 71.3 Å². The van der Waals surface area contributed by atoms with Gasteiger partial charge >= 0.3 is 0 Å². The van der Waals surface area contributed by atoms with Crippen LogP contribution in [0.1, 0.15) is 21.5 Å². The van der Waals surface area contributed by atoms with Crippen LogP contribution in [0.25, 0.3) is 0 Å². The van der Waals surface area contributed by atoms with Crippen molar-refractivity contribution in [2.75, 3.05) is 0 Å². The summed E-state index contributed by atoms with van der Waals surface area (Å²) in [6, 6.07) is 17.0. The molecule has 0 amide bonds. The Bertz CT molecular complexity index is 494. The number of carbonyl (C=O) groups excluding carboxylic acids is 1. The van der Waals surface area contributed by atoms with E-state index < -0.39 is 0 Å². The van der Waals surface area contributed by atoms with E-state index in [1.807, 2.05) is 42.5 Å². The molecule has 0 spiro atoms. The van der Waals surface area contributed by atoms with Crippen molar-refractivity contribution in [3.63, 3.8) is 0 Å². The number of rotatable bonds is 5. The number of nitrogens with zero attached hydrogens (tertiary/aromatic N) is 1. The molecule has 2 rings (SSSR count). The quantitative estimate of drug-likeness (QED) is 0.646. The Morgan fingerprint density at radius 3 is 2.00 bits per heavy atom. The molecule has 92 valence electrons. The maximum absolute atomic E-state index is 10.5. The minimum Gasteiger partial charge on any atom is -0.313 e. The van der Waals surface area contributed by atoms with Crippen LogP contribution in [0.3, 0.4) is 0 Å². The fourth-order valence-corrected chi connectivity index (χ4v) is 1.76. The SMILES string of the molecule is O=Cc1ccc(CN(O)Cc2ccccc2)cc1. The van der Waals surface area contributed by atoms with Gasteiger partial charge in [0.2, 0.25) is 0 Å².